The molecule has 3 N–H and O–H groups in total. The van der Waals surface area contributed by atoms with Gasteiger partial charge in [0.2, 0.25) is 11.6 Å². The summed E-state index contributed by atoms with van der Waals surface area (Å²) in [5.74, 6) is -0.381. The van der Waals surface area contributed by atoms with Crippen molar-refractivity contribution in [2.75, 3.05) is 17.7 Å². The molecule has 3 aromatic heterocycles. The van der Waals surface area contributed by atoms with E-state index in [2.05, 4.69) is 40.8 Å². The summed E-state index contributed by atoms with van der Waals surface area (Å²) in [6.07, 6.45) is 1.65. The van der Waals surface area contributed by atoms with Crippen LogP contribution in [0.25, 0.3) is 5.82 Å². The molecule has 0 spiro atoms. The molecule has 4 rings (SSSR count). The first-order chi connectivity index (χ1) is 15.5. The van der Waals surface area contributed by atoms with Crippen molar-refractivity contribution in [3.05, 3.63) is 71.8 Å². The highest BCUT2D eigenvalue weighted by atomic mass is 16.6. The number of rotatable bonds is 7. The molecule has 4 aromatic rings. The lowest BCUT2D eigenvalue weighted by molar-refractivity contribution is 0.0948. The number of carbonyl (C=O) groups excluding carboxylic acids is 1. The standard InChI is InChI=1S/C20H20N10O2/c1-13(15-10-6-7-11-22-15)23-25-20(31)17-16(12-29(2)14-8-4-3-5-9-14)30(28-24-17)19-18(21)26-32-27-19/h3-11H,12H2,1-2H3,(H2,21,26)(H,25,31)/b23-13-. The fourth-order valence-corrected chi connectivity index (χ4v) is 2.95. The molecule has 1 amide bonds. The average molecular weight is 432 g/mol. The number of carbonyl (C=O) groups is 1. The third-order valence-corrected chi connectivity index (χ3v) is 4.62. The summed E-state index contributed by atoms with van der Waals surface area (Å²) >= 11 is 0. The van der Waals surface area contributed by atoms with E-state index in [-0.39, 0.29) is 23.9 Å². The molecule has 0 bridgehead atoms. The molecule has 1 aromatic carbocycles. The van der Waals surface area contributed by atoms with Crippen LogP contribution in [0.2, 0.25) is 0 Å². The number of hydrazone groups is 1. The highest BCUT2D eigenvalue weighted by molar-refractivity contribution is 5.99. The molecular weight excluding hydrogens is 412 g/mol. The molecule has 0 saturated heterocycles. The Morgan fingerprint density at radius 2 is 1.97 bits per heavy atom. The fourth-order valence-electron chi connectivity index (χ4n) is 2.95. The SMILES string of the molecule is C/C(=N/NC(=O)c1nnn(-c2nonc2N)c1CN(C)c1ccccc1)c1ccccn1. The molecule has 0 fully saturated rings. The minimum Gasteiger partial charge on any atom is -0.378 e. The maximum Gasteiger partial charge on any atom is 0.293 e. The number of pyridine rings is 1. The maximum atomic E-state index is 12.9. The average Bonchev–Trinajstić information content (AvgIpc) is 3.44. The minimum absolute atomic E-state index is 0.0227. The summed E-state index contributed by atoms with van der Waals surface area (Å²) in [5, 5.41) is 19.6. The van der Waals surface area contributed by atoms with E-state index in [1.165, 1.54) is 4.68 Å². The van der Waals surface area contributed by atoms with E-state index >= 15 is 0 Å². The molecular formula is C20H20N10O2. The number of nitrogens with one attached hydrogen (secondary N) is 1. The molecule has 0 aliphatic rings. The molecule has 0 atom stereocenters. The quantitative estimate of drug-likeness (QED) is 0.326. The molecule has 0 aliphatic heterocycles. The zero-order valence-electron chi connectivity index (χ0n) is 17.4. The Morgan fingerprint density at radius 1 is 1.19 bits per heavy atom. The van der Waals surface area contributed by atoms with Crippen molar-refractivity contribution in [3.8, 4) is 5.82 Å². The van der Waals surface area contributed by atoms with E-state index in [4.69, 9.17) is 5.73 Å². The van der Waals surface area contributed by atoms with E-state index in [0.717, 1.165) is 5.69 Å². The fraction of sp³-hybridized carbons (Fsp3) is 0.150. The van der Waals surface area contributed by atoms with Crippen LogP contribution in [0.5, 0.6) is 0 Å². The predicted octanol–water partition coefficient (Wildman–Crippen LogP) is 1.42. The zero-order chi connectivity index (χ0) is 22.5. The van der Waals surface area contributed by atoms with Crippen LogP contribution in [-0.2, 0) is 6.54 Å². The van der Waals surface area contributed by atoms with Crippen molar-refractivity contribution in [1.29, 1.82) is 0 Å². The summed E-state index contributed by atoms with van der Waals surface area (Å²) < 4.78 is 6.01. The Labute approximate surface area is 182 Å². The Morgan fingerprint density at radius 3 is 2.66 bits per heavy atom. The molecule has 32 heavy (non-hydrogen) atoms. The van der Waals surface area contributed by atoms with Gasteiger partial charge in [-0.15, -0.1) is 5.10 Å². The second kappa shape index (κ2) is 9.04. The van der Waals surface area contributed by atoms with E-state index in [0.29, 0.717) is 17.1 Å². The monoisotopic (exact) mass is 432 g/mol. The molecule has 0 radical (unpaired) electrons. The summed E-state index contributed by atoms with van der Waals surface area (Å²) in [5.41, 5.74) is 10.9. The molecule has 3 heterocycles. The minimum atomic E-state index is -0.544. The number of hydrogen-bond donors (Lipinski definition) is 2. The van der Waals surface area contributed by atoms with Crippen LogP contribution >= 0.6 is 0 Å². The van der Waals surface area contributed by atoms with Crippen molar-refractivity contribution in [2.24, 2.45) is 5.10 Å². The number of hydrogen-bond acceptors (Lipinski definition) is 10. The van der Waals surface area contributed by atoms with Gasteiger partial charge in [-0.1, -0.05) is 29.5 Å². The number of para-hydroxylation sites is 1. The lowest BCUT2D eigenvalue weighted by Gasteiger charge is -2.19. The molecule has 0 saturated carbocycles. The van der Waals surface area contributed by atoms with Crippen molar-refractivity contribution in [2.45, 2.75) is 13.5 Å². The number of aromatic nitrogens is 6. The lowest BCUT2D eigenvalue weighted by Crippen LogP contribution is -2.25. The van der Waals surface area contributed by atoms with Crippen LogP contribution in [0.3, 0.4) is 0 Å². The summed E-state index contributed by atoms with van der Waals surface area (Å²) in [6, 6.07) is 15.1. The zero-order valence-corrected chi connectivity index (χ0v) is 17.4. The number of amides is 1. The lowest BCUT2D eigenvalue weighted by atomic mass is 10.2. The molecule has 0 unspecified atom stereocenters. The number of nitrogens with zero attached hydrogens (tertiary/aromatic N) is 8. The normalized spacial score (nSPS) is 11.4. The molecule has 12 nitrogen and oxygen atoms in total. The first-order valence-electron chi connectivity index (χ1n) is 9.59. The van der Waals surface area contributed by atoms with Gasteiger partial charge in [-0.25, -0.2) is 10.1 Å². The topological polar surface area (TPSA) is 153 Å². The van der Waals surface area contributed by atoms with Crippen LogP contribution in [0.4, 0.5) is 11.5 Å². The Kier molecular flexibility index (Phi) is 5.83. The smallest absolute Gasteiger partial charge is 0.293 e. The van der Waals surface area contributed by atoms with Gasteiger partial charge in [0.1, 0.15) is 0 Å². The maximum absolute atomic E-state index is 12.9. The third-order valence-electron chi connectivity index (χ3n) is 4.62. The highest BCUT2D eigenvalue weighted by Gasteiger charge is 2.25. The first kappa shape index (κ1) is 20.7. The van der Waals surface area contributed by atoms with E-state index < -0.39 is 5.91 Å². The number of nitrogens with two attached hydrogens (primary N) is 1. The van der Waals surface area contributed by atoms with Gasteiger partial charge in [0.25, 0.3) is 5.91 Å². The van der Waals surface area contributed by atoms with Crippen LogP contribution in [0.1, 0.15) is 28.8 Å². The van der Waals surface area contributed by atoms with Gasteiger partial charge in [-0.2, -0.15) is 9.78 Å². The first-order valence-corrected chi connectivity index (χ1v) is 9.59. The number of benzene rings is 1. The van der Waals surface area contributed by atoms with Crippen molar-refractivity contribution in [1.82, 2.24) is 35.7 Å². The van der Waals surface area contributed by atoms with Gasteiger partial charge in [0, 0.05) is 18.9 Å². The van der Waals surface area contributed by atoms with Crippen LogP contribution in [0, 0.1) is 0 Å². The summed E-state index contributed by atoms with van der Waals surface area (Å²) in [4.78, 5) is 19.1. The Bertz CT molecular complexity index is 1230. The second-order valence-corrected chi connectivity index (χ2v) is 6.81. The van der Waals surface area contributed by atoms with Crippen molar-refractivity contribution < 1.29 is 9.42 Å². The van der Waals surface area contributed by atoms with Gasteiger partial charge in [0.05, 0.1) is 23.6 Å². The molecule has 162 valence electrons. The van der Waals surface area contributed by atoms with Crippen molar-refractivity contribution in [3.63, 3.8) is 0 Å². The van der Waals surface area contributed by atoms with E-state index in [1.54, 1.807) is 25.3 Å². The molecule has 0 aliphatic carbocycles. The molecule has 12 heteroatoms. The van der Waals surface area contributed by atoms with Crippen LogP contribution in [-0.4, -0.2) is 49.0 Å². The van der Waals surface area contributed by atoms with Gasteiger partial charge in [-0.3, -0.25) is 9.78 Å². The van der Waals surface area contributed by atoms with Crippen LogP contribution < -0.4 is 16.1 Å². The Balaban J connectivity index is 1.65. The van der Waals surface area contributed by atoms with Gasteiger partial charge in [-0.05, 0) is 41.5 Å². The predicted molar refractivity (Wildman–Crippen MR) is 116 cm³/mol. The second-order valence-electron chi connectivity index (χ2n) is 6.81. The number of anilines is 2. The third kappa shape index (κ3) is 4.28. The van der Waals surface area contributed by atoms with Crippen molar-refractivity contribution >= 4 is 23.1 Å². The Hall–Kier alpha value is -4.61. The van der Waals surface area contributed by atoms with Gasteiger partial charge in [0.15, 0.2) is 5.69 Å². The van der Waals surface area contributed by atoms with Gasteiger partial charge < -0.3 is 10.6 Å². The van der Waals surface area contributed by atoms with Crippen LogP contribution in [0.15, 0.2) is 64.5 Å². The summed E-state index contributed by atoms with van der Waals surface area (Å²) in [6.45, 7) is 2.01. The van der Waals surface area contributed by atoms with Gasteiger partial charge >= 0.3 is 0 Å². The van der Waals surface area contributed by atoms with E-state index in [9.17, 15) is 4.79 Å². The highest BCUT2D eigenvalue weighted by Crippen LogP contribution is 2.20. The van der Waals surface area contributed by atoms with E-state index in [1.807, 2.05) is 48.3 Å². The largest absolute Gasteiger partial charge is 0.378 e. The number of nitrogen functional groups attached to an aromatic ring is 1. The summed E-state index contributed by atoms with van der Waals surface area (Å²) in [7, 11) is 1.88.